The lowest BCUT2D eigenvalue weighted by Gasteiger charge is -2.07. The fourth-order valence-electron chi connectivity index (χ4n) is 1.83. The standard InChI is InChI=1S/C11H11ClN6O2S2/c1-7-10(11(15-17(7)2)18-5-13-14-6-18)16-22(19,20)9-4-3-8(12)21-9/h3-6,16H,1-2H3. The minimum atomic E-state index is -3.74. The Morgan fingerprint density at radius 3 is 2.55 bits per heavy atom. The van der Waals surface area contributed by atoms with Gasteiger partial charge in [-0.05, 0) is 19.1 Å². The van der Waals surface area contributed by atoms with Crippen molar-refractivity contribution >= 4 is 38.6 Å². The van der Waals surface area contributed by atoms with Crippen molar-refractivity contribution in [3.05, 3.63) is 34.8 Å². The van der Waals surface area contributed by atoms with Crippen LogP contribution in [0.4, 0.5) is 5.69 Å². The Morgan fingerprint density at radius 1 is 1.27 bits per heavy atom. The van der Waals surface area contributed by atoms with Crippen molar-refractivity contribution in [2.24, 2.45) is 7.05 Å². The SMILES string of the molecule is Cc1c(NS(=O)(=O)c2ccc(Cl)s2)c(-n2cnnc2)nn1C. The second-order valence-corrected chi connectivity index (χ2v) is 8.07. The summed E-state index contributed by atoms with van der Waals surface area (Å²) in [6.45, 7) is 1.76. The molecule has 0 bridgehead atoms. The molecule has 0 aliphatic heterocycles. The third-order valence-corrected chi connectivity index (χ3v) is 6.10. The van der Waals surface area contributed by atoms with Gasteiger partial charge in [0.05, 0.1) is 10.0 Å². The first-order valence-electron chi connectivity index (χ1n) is 6.05. The van der Waals surface area contributed by atoms with Gasteiger partial charge in [0.1, 0.15) is 22.6 Å². The number of aryl methyl sites for hydroxylation is 1. The fourth-order valence-corrected chi connectivity index (χ4v) is 4.43. The molecule has 11 heteroatoms. The van der Waals surface area contributed by atoms with E-state index in [0.717, 1.165) is 11.3 Å². The average molecular weight is 359 g/mol. The van der Waals surface area contributed by atoms with Crippen molar-refractivity contribution in [2.75, 3.05) is 4.72 Å². The van der Waals surface area contributed by atoms with E-state index in [1.165, 1.54) is 29.4 Å². The minimum Gasteiger partial charge on any atom is -0.273 e. The fraction of sp³-hybridized carbons (Fsp3) is 0.182. The third kappa shape index (κ3) is 2.60. The molecule has 22 heavy (non-hydrogen) atoms. The molecule has 1 N–H and O–H groups in total. The van der Waals surface area contributed by atoms with Gasteiger partial charge in [-0.2, -0.15) is 5.10 Å². The number of halogens is 1. The topological polar surface area (TPSA) is 94.7 Å². The van der Waals surface area contributed by atoms with Crippen LogP contribution < -0.4 is 4.72 Å². The highest BCUT2D eigenvalue weighted by Gasteiger charge is 2.23. The van der Waals surface area contributed by atoms with Crippen LogP contribution in [0.3, 0.4) is 0 Å². The lowest BCUT2D eigenvalue weighted by Crippen LogP contribution is -2.13. The van der Waals surface area contributed by atoms with Gasteiger partial charge in [-0.15, -0.1) is 21.5 Å². The Labute approximate surface area is 135 Å². The van der Waals surface area contributed by atoms with E-state index in [-0.39, 0.29) is 4.21 Å². The van der Waals surface area contributed by atoms with Crippen LogP contribution in [-0.4, -0.2) is 33.0 Å². The van der Waals surface area contributed by atoms with Crippen molar-refractivity contribution in [2.45, 2.75) is 11.1 Å². The summed E-state index contributed by atoms with van der Waals surface area (Å²) in [4.78, 5) is 0. The molecule has 3 heterocycles. The minimum absolute atomic E-state index is 0.135. The molecule has 0 atom stereocenters. The van der Waals surface area contributed by atoms with Crippen molar-refractivity contribution in [3.8, 4) is 5.82 Å². The van der Waals surface area contributed by atoms with Crippen molar-refractivity contribution in [1.82, 2.24) is 24.5 Å². The molecule has 0 amide bonds. The zero-order valence-corrected chi connectivity index (χ0v) is 13.9. The number of sulfonamides is 1. The van der Waals surface area contributed by atoms with Gasteiger partial charge in [0, 0.05) is 7.05 Å². The first-order chi connectivity index (χ1) is 10.4. The summed E-state index contributed by atoms with van der Waals surface area (Å²) in [7, 11) is -2.01. The van der Waals surface area contributed by atoms with Crippen LogP contribution in [0.5, 0.6) is 0 Å². The summed E-state index contributed by atoms with van der Waals surface area (Å²) in [5, 5.41) is 11.7. The number of rotatable bonds is 4. The highest BCUT2D eigenvalue weighted by atomic mass is 35.5. The largest absolute Gasteiger partial charge is 0.273 e. The van der Waals surface area contributed by atoms with Gasteiger partial charge in [0.15, 0.2) is 5.82 Å². The van der Waals surface area contributed by atoms with Crippen LogP contribution in [-0.2, 0) is 17.1 Å². The number of hydrogen-bond donors (Lipinski definition) is 1. The molecule has 0 saturated carbocycles. The first-order valence-corrected chi connectivity index (χ1v) is 8.73. The maximum absolute atomic E-state index is 12.5. The van der Waals surface area contributed by atoms with Gasteiger partial charge in [0.2, 0.25) is 0 Å². The Morgan fingerprint density at radius 2 is 1.95 bits per heavy atom. The number of hydrogen-bond acceptors (Lipinski definition) is 6. The smallest absolute Gasteiger partial charge is 0.271 e. The van der Waals surface area contributed by atoms with E-state index < -0.39 is 10.0 Å². The molecular weight excluding hydrogens is 348 g/mol. The number of thiophene rings is 1. The van der Waals surface area contributed by atoms with Gasteiger partial charge in [0.25, 0.3) is 10.0 Å². The molecule has 3 aromatic heterocycles. The summed E-state index contributed by atoms with van der Waals surface area (Å²) in [6, 6.07) is 3.00. The summed E-state index contributed by atoms with van der Waals surface area (Å²) in [5.41, 5.74) is 1.03. The van der Waals surface area contributed by atoms with Gasteiger partial charge in [-0.25, -0.2) is 8.42 Å². The molecule has 0 spiro atoms. The molecule has 0 unspecified atom stereocenters. The lowest BCUT2D eigenvalue weighted by atomic mass is 10.4. The van der Waals surface area contributed by atoms with E-state index >= 15 is 0 Å². The molecule has 0 saturated heterocycles. The van der Waals surface area contributed by atoms with Crippen molar-refractivity contribution in [3.63, 3.8) is 0 Å². The number of nitrogens with one attached hydrogen (secondary N) is 1. The molecule has 0 aliphatic carbocycles. The predicted molar refractivity (Wildman–Crippen MR) is 83.0 cm³/mol. The zero-order valence-electron chi connectivity index (χ0n) is 11.6. The maximum atomic E-state index is 12.5. The van der Waals surface area contributed by atoms with Gasteiger partial charge in [-0.3, -0.25) is 14.0 Å². The Kier molecular flexibility index (Phi) is 3.67. The van der Waals surface area contributed by atoms with Gasteiger partial charge >= 0.3 is 0 Å². The Bertz CT molecular complexity index is 913. The summed E-state index contributed by atoms with van der Waals surface area (Å²) in [6.07, 6.45) is 2.89. The summed E-state index contributed by atoms with van der Waals surface area (Å²) < 4.78 is 31.1. The van der Waals surface area contributed by atoms with Crippen LogP contribution in [0.2, 0.25) is 4.34 Å². The van der Waals surface area contributed by atoms with Crippen molar-refractivity contribution in [1.29, 1.82) is 0 Å². The average Bonchev–Trinajstić information content (AvgIpc) is 3.16. The lowest BCUT2D eigenvalue weighted by molar-refractivity contribution is 0.603. The van der Waals surface area contributed by atoms with Crippen LogP contribution in [0.15, 0.2) is 29.0 Å². The normalized spacial score (nSPS) is 11.8. The summed E-state index contributed by atoms with van der Waals surface area (Å²) in [5.74, 6) is 0.399. The second kappa shape index (κ2) is 5.38. The van der Waals surface area contributed by atoms with E-state index in [4.69, 9.17) is 11.6 Å². The molecule has 116 valence electrons. The van der Waals surface area contributed by atoms with Crippen LogP contribution in [0.25, 0.3) is 5.82 Å². The Hall–Kier alpha value is -1.91. The first kappa shape index (κ1) is 15.0. The van der Waals surface area contributed by atoms with E-state index in [1.807, 2.05) is 0 Å². The predicted octanol–water partition coefficient (Wildman–Crippen LogP) is 1.82. The van der Waals surface area contributed by atoms with Gasteiger partial charge in [-0.1, -0.05) is 11.6 Å². The second-order valence-electron chi connectivity index (χ2n) is 4.44. The molecule has 0 fully saturated rings. The molecule has 8 nitrogen and oxygen atoms in total. The highest BCUT2D eigenvalue weighted by Crippen LogP contribution is 2.30. The maximum Gasteiger partial charge on any atom is 0.271 e. The van der Waals surface area contributed by atoms with Crippen LogP contribution >= 0.6 is 22.9 Å². The zero-order chi connectivity index (χ0) is 15.9. The molecule has 3 rings (SSSR count). The number of aromatic nitrogens is 5. The number of anilines is 1. The van der Waals surface area contributed by atoms with Gasteiger partial charge < -0.3 is 0 Å². The van der Waals surface area contributed by atoms with E-state index in [2.05, 4.69) is 20.0 Å². The van der Waals surface area contributed by atoms with Crippen molar-refractivity contribution < 1.29 is 8.42 Å². The number of nitrogens with zero attached hydrogens (tertiary/aromatic N) is 5. The molecule has 0 radical (unpaired) electrons. The van der Waals surface area contributed by atoms with E-state index in [9.17, 15) is 8.42 Å². The molecule has 0 aliphatic rings. The molecular formula is C11H11ClN6O2S2. The molecule has 3 aromatic rings. The van der Waals surface area contributed by atoms with E-state index in [1.54, 1.807) is 18.7 Å². The Balaban J connectivity index is 2.06. The third-order valence-electron chi connectivity index (χ3n) is 3.03. The summed E-state index contributed by atoms with van der Waals surface area (Å²) >= 11 is 6.79. The van der Waals surface area contributed by atoms with Crippen LogP contribution in [0.1, 0.15) is 5.69 Å². The van der Waals surface area contributed by atoms with Crippen LogP contribution in [0, 0.1) is 6.92 Å². The quantitative estimate of drug-likeness (QED) is 0.767. The van der Waals surface area contributed by atoms with E-state index in [0.29, 0.717) is 21.5 Å². The highest BCUT2D eigenvalue weighted by molar-refractivity contribution is 7.94. The molecule has 0 aromatic carbocycles. The monoisotopic (exact) mass is 358 g/mol.